The fourth-order valence-corrected chi connectivity index (χ4v) is 4.65. The zero-order valence-corrected chi connectivity index (χ0v) is 18.4. The van der Waals surface area contributed by atoms with E-state index in [9.17, 15) is 4.79 Å². The molecule has 32 heavy (non-hydrogen) atoms. The molecule has 1 aliphatic rings. The maximum Gasteiger partial charge on any atom is 0.317 e. The fraction of sp³-hybridized carbons (Fsp3) is 0.240. The van der Waals surface area contributed by atoms with Crippen molar-refractivity contribution in [2.24, 2.45) is 0 Å². The average molecular weight is 446 g/mol. The van der Waals surface area contributed by atoms with Gasteiger partial charge in [-0.1, -0.05) is 36.4 Å². The third-order valence-electron chi connectivity index (χ3n) is 5.47. The molecular weight excluding hydrogens is 422 g/mol. The zero-order chi connectivity index (χ0) is 21.8. The topological polar surface area (TPSA) is 64.5 Å². The van der Waals surface area contributed by atoms with Gasteiger partial charge in [-0.05, 0) is 29.0 Å². The molecule has 5 rings (SSSR count). The van der Waals surface area contributed by atoms with E-state index in [1.54, 1.807) is 6.20 Å². The van der Waals surface area contributed by atoms with Crippen LogP contribution in [0.3, 0.4) is 0 Å². The standard InChI is InChI=1S/C25H23N3O3S/c29-24(15-19-17-32-25(27-19)22-7-3-4-10-26-22)31-23-9-8-18-5-1-2-6-20(18)21(23)16-28-11-13-30-14-12-28/h1-10,17H,11-16H2. The molecule has 0 spiro atoms. The lowest BCUT2D eigenvalue weighted by Crippen LogP contribution is -2.35. The first-order valence-electron chi connectivity index (χ1n) is 10.6. The predicted octanol–water partition coefficient (Wildman–Crippen LogP) is 4.34. The number of hydrogen-bond donors (Lipinski definition) is 0. The summed E-state index contributed by atoms with van der Waals surface area (Å²) >= 11 is 1.48. The van der Waals surface area contributed by atoms with E-state index in [1.807, 2.05) is 47.8 Å². The molecule has 0 aliphatic carbocycles. The van der Waals surface area contributed by atoms with E-state index in [2.05, 4.69) is 27.0 Å². The van der Waals surface area contributed by atoms with Crippen LogP contribution in [0.15, 0.2) is 66.2 Å². The number of fused-ring (bicyclic) bond motifs is 1. The lowest BCUT2D eigenvalue weighted by atomic mass is 10.0. The summed E-state index contributed by atoms with van der Waals surface area (Å²) in [5.41, 5.74) is 2.53. The molecule has 0 unspecified atom stereocenters. The number of pyridine rings is 1. The van der Waals surface area contributed by atoms with Crippen molar-refractivity contribution in [1.29, 1.82) is 0 Å². The predicted molar refractivity (Wildman–Crippen MR) is 125 cm³/mol. The van der Waals surface area contributed by atoms with Gasteiger partial charge in [0.1, 0.15) is 10.8 Å². The van der Waals surface area contributed by atoms with E-state index < -0.39 is 0 Å². The summed E-state index contributed by atoms with van der Waals surface area (Å²) in [5.74, 6) is 0.293. The Kier molecular flexibility index (Phi) is 6.20. The Morgan fingerprint density at radius 1 is 1.06 bits per heavy atom. The summed E-state index contributed by atoms with van der Waals surface area (Å²) in [5, 5.41) is 4.93. The zero-order valence-electron chi connectivity index (χ0n) is 17.6. The Bertz CT molecular complexity index is 1220. The van der Waals surface area contributed by atoms with E-state index in [1.165, 1.54) is 11.3 Å². The van der Waals surface area contributed by atoms with Crippen LogP contribution in [0.1, 0.15) is 11.3 Å². The minimum absolute atomic E-state index is 0.118. The number of ether oxygens (including phenoxy) is 2. The van der Waals surface area contributed by atoms with Crippen molar-refractivity contribution in [3.05, 3.63) is 77.4 Å². The number of thiazole rings is 1. The van der Waals surface area contributed by atoms with Gasteiger partial charge in [-0.15, -0.1) is 11.3 Å². The maximum absolute atomic E-state index is 12.8. The van der Waals surface area contributed by atoms with Crippen LogP contribution in [0.4, 0.5) is 0 Å². The summed E-state index contributed by atoms with van der Waals surface area (Å²) in [6.45, 7) is 3.90. The van der Waals surface area contributed by atoms with Crippen LogP contribution in [-0.2, 0) is 22.5 Å². The maximum atomic E-state index is 12.8. The van der Waals surface area contributed by atoms with E-state index >= 15 is 0 Å². The third-order valence-corrected chi connectivity index (χ3v) is 6.38. The molecule has 2 aromatic heterocycles. The Hall–Kier alpha value is -3.13. The Morgan fingerprint density at radius 3 is 2.75 bits per heavy atom. The van der Waals surface area contributed by atoms with Gasteiger partial charge in [0.2, 0.25) is 0 Å². The third kappa shape index (κ3) is 4.70. The highest BCUT2D eigenvalue weighted by Crippen LogP contribution is 2.30. The molecule has 7 heteroatoms. The smallest absolute Gasteiger partial charge is 0.317 e. The molecule has 4 aromatic rings. The highest BCUT2D eigenvalue weighted by atomic mass is 32.1. The summed E-state index contributed by atoms with van der Waals surface area (Å²) in [6, 6.07) is 17.8. The van der Waals surface area contributed by atoms with Crippen molar-refractivity contribution in [2.75, 3.05) is 26.3 Å². The number of rotatable bonds is 6. The van der Waals surface area contributed by atoms with Crippen molar-refractivity contribution >= 4 is 28.1 Å². The van der Waals surface area contributed by atoms with Crippen LogP contribution >= 0.6 is 11.3 Å². The first-order chi connectivity index (χ1) is 15.8. The minimum atomic E-state index is -0.318. The summed E-state index contributed by atoms with van der Waals surface area (Å²) in [6.07, 6.45) is 1.85. The number of esters is 1. The highest BCUT2D eigenvalue weighted by Gasteiger charge is 2.18. The molecule has 6 nitrogen and oxygen atoms in total. The second-order valence-electron chi connectivity index (χ2n) is 7.66. The monoisotopic (exact) mass is 445 g/mol. The highest BCUT2D eigenvalue weighted by molar-refractivity contribution is 7.13. The molecule has 1 saturated heterocycles. The summed E-state index contributed by atoms with van der Waals surface area (Å²) in [4.78, 5) is 24.0. The van der Waals surface area contributed by atoms with Crippen LogP contribution in [0.2, 0.25) is 0 Å². The van der Waals surface area contributed by atoms with Gasteiger partial charge in [0.25, 0.3) is 0 Å². The molecule has 3 heterocycles. The van der Waals surface area contributed by atoms with E-state index in [0.717, 1.165) is 53.3 Å². The summed E-state index contributed by atoms with van der Waals surface area (Å²) in [7, 11) is 0. The molecule has 0 bridgehead atoms. The Morgan fingerprint density at radius 2 is 1.91 bits per heavy atom. The number of carbonyl (C=O) groups excluding carboxylic acids is 1. The van der Waals surface area contributed by atoms with Crippen LogP contribution < -0.4 is 4.74 Å². The van der Waals surface area contributed by atoms with E-state index in [0.29, 0.717) is 18.0 Å². The van der Waals surface area contributed by atoms with Gasteiger partial charge in [-0.25, -0.2) is 4.98 Å². The number of hydrogen-bond acceptors (Lipinski definition) is 7. The largest absolute Gasteiger partial charge is 0.426 e. The average Bonchev–Trinajstić information content (AvgIpc) is 3.30. The van der Waals surface area contributed by atoms with Gasteiger partial charge in [0, 0.05) is 36.8 Å². The number of morpholine rings is 1. The van der Waals surface area contributed by atoms with Crippen molar-refractivity contribution < 1.29 is 14.3 Å². The van der Waals surface area contributed by atoms with Crippen molar-refractivity contribution in [3.8, 4) is 16.5 Å². The molecule has 162 valence electrons. The number of aromatic nitrogens is 2. The Balaban J connectivity index is 1.35. The van der Waals surface area contributed by atoms with Crippen molar-refractivity contribution in [3.63, 3.8) is 0 Å². The van der Waals surface area contributed by atoms with Crippen LogP contribution in [0.25, 0.3) is 21.5 Å². The van der Waals surface area contributed by atoms with Gasteiger partial charge in [0.15, 0.2) is 0 Å². The van der Waals surface area contributed by atoms with Gasteiger partial charge in [-0.3, -0.25) is 14.7 Å². The molecule has 0 saturated carbocycles. The summed E-state index contributed by atoms with van der Waals surface area (Å²) < 4.78 is 11.3. The van der Waals surface area contributed by atoms with Crippen LogP contribution in [0.5, 0.6) is 5.75 Å². The van der Waals surface area contributed by atoms with Gasteiger partial charge in [0.05, 0.1) is 31.0 Å². The number of carbonyl (C=O) groups is 1. The SMILES string of the molecule is O=C(Cc1csc(-c2ccccn2)n1)Oc1ccc2ccccc2c1CN1CCOCC1. The molecule has 0 radical (unpaired) electrons. The van der Waals surface area contributed by atoms with Gasteiger partial charge >= 0.3 is 5.97 Å². The quantitative estimate of drug-likeness (QED) is 0.325. The van der Waals surface area contributed by atoms with Crippen LogP contribution in [-0.4, -0.2) is 47.1 Å². The van der Waals surface area contributed by atoms with Gasteiger partial charge < -0.3 is 9.47 Å². The fourth-order valence-electron chi connectivity index (χ4n) is 3.86. The molecule has 1 aliphatic heterocycles. The second kappa shape index (κ2) is 9.56. The van der Waals surface area contributed by atoms with Gasteiger partial charge in [-0.2, -0.15) is 0 Å². The number of benzene rings is 2. The van der Waals surface area contributed by atoms with Crippen molar-refractivity contribution in [1.82, 2.24) is 14.9 Å². The first kappa shape index (κ1) is 20.8. The Labute approximate surface area is 190 Å². The van der Waals surface area contributed by atoms with E-state index in [4.69, 9.17) is 9.47 Å². The minimum Gasteiger partial charge on any atom is -0.426 e. The van der Waals surface area contributed by atoms with E-state index in [-0.39, 0.29) is 12.4 Å². The van der Waals surface area contributed by atoms with Crippen molar-refractivity contribution in [2.45, 2.75) is 13.0 Å². The molecule has 0 amide bonds. The number of nitrogens with zero attached hydrogens (tertiary/aromatic N) is 3. The normalized spacial score (nSPS) is 14.5. The molecule has 0 N–H and O–H groups in total. The van der Waals surface area contributed by atoms with Crippen LogP contribution in [0, 0.1) is 0 Å². The molecular formula is C25H23N3O3S. The molecule has 1 fully saturated rings. The lowest BCUT2D eigenvalue weighted by Gasteiger charge is -2.27. The lowest BCUT2D eigenvalue weighted by molar-refractivity contribution is -0.133. The second-order valence-corrected chi connectivity index (χ2v) is 8.52. The molecule has 2 aromatic carbocycles. The first-order valence-corrected chi connectivity index (χ1v) is 11.5. The molecule has 0 atom stereocenters.